The molecule has 1 heteroatoms. The molecule has 0 aliphatic heterocycles. The van der Waals surface area contributed by atoms with E-state index in [0.717, 1.165) is 23.5 Å². The highest BCUT2D eigenvalue weighted by molar-refractivity contribution is 5.76. The van der Waals surface area contributed by atoms with Gasteiger partial charge in [0.2, 0.25) is 0 Å². The van der Waals surface area contributed by atoms with Crippen molar-refractivity contribution in [1.82, 2.24) is 0 Å². The number of rotatable bonds is 8. The predicted molar refractivity (Wildman–Crippen MR) is 188 cm³/mol. The molecule has 0 fully saturated rings. The second-order valence-electron chi connectivity index (χ2n) is 12.1. The highest BCUT2D eigenvalue weighted by Crippen LogP contribution is 2.40. The highest BCUT2D eigenvalue weighted by Gasteiger charge is 2.24. The third-order valence-electron chi connectivity index (χ3n) is 8.73. The maximum atomic E-state index is 2.41. The molecule has 0 radical (unpaired) electrons. The molecular weight excluding hydrogens is 530 g/mol. The summed E-state index contributed by atoms with van der Waals surface area (Å²) < 4.78 is 0. The van der Waals surface area contributed by atoms with Crippen molar-refractivity contribution in [3.8, 4) is 0 Å². The van der Waals surface area contributed by atoms with Crippen LogP contribution in [0.1, 0.15) is 61.6 Å². The number of aryl methyl sites for hydroxylation is 5. The van der Waals surface area contributed by atoms with Crippen LogP contribution in [0, 0.1) is 34.6 Å². The zero-order valence-corrected chi connectivity index (χ0v) is 26.5. The Labute approximate surface area is 263 Å². The van der Waals surface area contributed by atoms with Gasteiger partial charge in [-0.15, -0.1) is 0 Å². The van der Waals surface area contributed by atoms with E-state index in [1.807, 2.05) is 0 Å². The van der Waals surface area contributed by atoms with Gasteiger partial charge in [-0.1, -0.05) is 109 Å². The van der Waals surface area contributed by atoms with Gasteiger partial charge in [0.05, 0.1) is 0 Å². The van der Waals surface area contributed by atoms with Crippen LogP contribution in [0.3, 0.4) is 0 Å². The molecule has 0 aromatic heterocycles. The Morgan fingerprint density at radius 3 is 1.32 bits per heavy atom. The van der Waals surface area contributed by atoms with Crippen molar-refractivity contribution >= 4 is 17.1 Å². The van der Waals surface area contributed by atoms with E-state index >= 15 is 0 Å². The summed E-state index contributed by atoms with van der Waals surface area (Å²) in [5.41, 5.74) is 17.1. The van der Waals surface area contributed by atoms with Crippen molar-refractivity contribution in [3.05, 3.63) is 195 Å². The average Bonchev–Trinajstić information content (AvgIpc) is 3.02. The van der Waals surface area contributed by atoms with E-state index < -0.39 is 0 Å². The second kappa shape index (κ2) is 12.8. The molecule has 6 rings (SSSR count). The van der Waals surface area contributed by atoms with Crippen LogP contribution < -0.4 is 4.90 Å². The van der Waals surface area contributed by atoms with Crippen LogP contribution in [0.5, 0.6) is 0 Å². The van der Waals surface area contributed by atoms with E-state index in [-0.39, 0.29) is 5.92 Å². The van der Waals surface area contributed by atoms with Gasteiger partial charge in [-0.3, -0.25) is 0 Å². The zero-order valence-electron chi connectivity index (χ0n) is 26.5. The largest absolute Gasteiger partial charge is 0.311 e. The molecule has 6 aromatic carbocycles. The molecule has 0 bridgehead atoms. The first-order valence-corrected chi connectivity index (χ1v) is 15.6. The van der Waals surface area contributed by atoms with Crippen molar-refractivity contribution < 1.29 is 0 Å². The van der Waals surface area contributed by atoms with Crippen LogP contribution in [0.25, 0.3) is 0 Å². The minimum Gasteiger partial charge on any atom is -0.311 e. The van der Waals surface area contributed by atoms with Crippen LogP contribution >= 0.6 is 0 Å². The summed E-state index contributed by atoms with van der Waals surface area (Å²) in [7, 11) is 0. The predicted octanol–water partition coefficient (Wildman–Crippen LogP) is 11.5. The van der Waals surface area contributed by atoms with E-state index in [4.69, 9.17) is 0 Å². The van der Waals surface area contributed by atoms with Crippen molar-refractivity contribution in [2.24, 2.45) is 0 Å². The van der Waals surface area contributed by atoms with E-state index in [0.29, 0.717) is 0 Å². The standard InChI is InChI=1S/C43H41N/c1-30-25-31(2)41(32(3)26-30)43(37-15-9-6-10-16-37)42-33(4)27-36(28-34(42)5)29-35-21-23-40(24-22-35)44(38-17-11-7-12-18-38)39-19-13-8-14-20-39/h6-28,43H,29H2,1-5H3. The van der Waals surface area contributed by atoms with Crippen molar-refractivity contribution in [1.29, 1.82) is 0 Å². The van der Waals surface area contributed by atoms with Crippen molar-refractivity contribution in [3.63, 3.8) is 0 Å². The summed E-state index contributed by atoms with van der Waals surface area (Å²) >= 11 is 0. The summed E-state index contributed by atoms with van der Waals surface area (Å²) in [6, 6.07) is 50.7. The van der Waals surface area contributed by atoms with Crippen LogP contribution in [0.4, 0.5) is 17.1 Å². The zero-order chi connectivity index (χ0) is 30.6. The third kappa shape index (κ3) is 6.10. The van der Waals surface area contributed by atoms with Gasteiger partial charge in [-0.25, -0.2) is 0 Å². The number of anilines is 3. The first kappa shape index (κ1) is 29.2. The maximum Gasteiger partial charge on any atom is 0.0461 e. The van der Waals surface area contributed by atoms with Gasteiger partial charge < -0.3 is 4.90 Å². The van der Waals surface area contributed by atoms with Gasteiger partial charge in [0.1, 0.15) is 0 Å². The summed E-state index contributed by atoms with van der Waals surface area (Å²) in [5, 5.41) is 0. The Hall–Kier alpha value is -4.88. The van der Waals surface area contributed by atoms with Gasteiger partial charge in [-0.05, 0) is 128 Å². The minimum atomic E-state index is 0.201. The Balaban J connectivity index is 1.33. The third-order valence-corrected chi connectivity index (χ3v) is 8.73. The number of para-hydroxylation sites is 2. The van der Waals surface area contributed by atoms with E-state index in [1.165, 1.54) is 55.6 Å². The molecule has 0 aliphatic carbocycles. The second-order valence-corrected chi connectivity index (χ2v) is 12.1. The Morgan fingerprint density at radius 2 is 0.841 bits per heavy atom. The molecule has 6 aromatic rings. The average molecular weight is 572 g/mol. The summed E-state index contributed by atoms with van der Waals surface area (Å²) in [6.45, 7) is 11.3. The van der Waals surface area contributed by atoms with Crippen LogP contribution in [-0.4, -0.2) is 0 Å². The van der Waals surface area contributed by atoms with E-state index in [2.05, 4.69) is 179 Å². The van der Waals surface area contributed by atoms with Gasteiger partial charge in [0.25, 0.3) is 0 Å². The SMILES string of the molecule is Cc1cc(C)c(C(c2ccccc2)c2c(C)cc(Cc3ccc(N(c4ccccc4)c4ccccc4)cc3)cc2C)c(C)c1. The van der Waals surface area contributed by atoms with Gasteiger partial charge >= 0.3 is 0 Å². The molecule has 1 atom stereocenters. The molecule has 0 amide bonds. The summed E-state index contributed by atoms with van der Waals surface area (Å²) in [6.07, 6.45) is 0.900. The molecule has 0 N–H and O–H groups in total. The monoisotopic (exact) mass is 571 g/mol. The van der Waals surface area contributed by atoms with Crippen molar-refractivity contribution in [2.75, 3.05) is 4.90 Å². The molecule has 44 heavy (non-hydrogen) atoms. The molecule has 0 saturated heterocycles. The quantitative estimate of drug-likeness (QED) is 0.164. The van der Waals surface area contributed by atoms with Gasteiger partial charge in [-0.2, -0.15) is 0 Å². The lowest BCUT2D eigenvalue weighted by Gasteiger charge is -2.27. The molecular formula is C43H41N. The fourth-order valence-electron chi connectivity index (χ4n) is 6.99. The molecule has 0 heterocycles. The normalized spacial score (nSPS) is 11.8. The first-order chi connectivity index (χ1) is 21.4. The van der Waals surface area contributed by atoms with E-state index in [1.54, 1.807) is 0 Å². The number of hydrogen-bond acceptors (Lipinski definition) is 1. The molecule has 0 spiro atoms. The van der Waals surface area contributed by atoms with Crippen LogP contribution in [-0.2, 0) is 6.42 Å². The smallest absolute Gasteiger partial charge is 0.0461 e. The molecule has 0 aliphatic rings. The number of hydrogen-bond donors (Lipinski definition) is 0. The Morgan fingerprint density at radius 1 is 0.432 bits per heavy atom. The topological polar surface area (TPSA) is 3.24 Å². The molecule has 218 valence electrons. The molecule has 1 unspecified atom stereocenters. The van der Waals surface area contributed by atoms with Crippen LogP contribution in [0.15, 0.2) is 140 Å². The highest BCUT2D eigenvalue weighted by atomic mass is 15.1. The van der Waals surface area contributed by atoms with Crippen molar-refractivity contribution in [2.45, 2.75) is 47.0 Å². The Kier molecular flexibility index (Phi) is 8.48. The summed E-state index contributed by atoms with van der Waals surface area (Å²) in [5.74, 6) is 0.201. The van der Waals surface area contributed by atoms with E-state index in [9.17, 15) is 0 Å². The Bertz CT molecular complexity index is 1770. The van der Waals surface area contributed by atoms with Gasteiger partial charge in [0.15, 0.2) is 0 Å². The molecule has 1 nitrogen and oxygen atoms in total. The van der Waals surface area contributed by atoms with Gasteiger partial charge in [0, 0.05) is 23.0 Å². The first-order valence-electron chi connectivity index (χ1n) is 15.6. The maximum absolute atomic E-state index is 2.41. The minimum absolute atomic E-state index is 0.201. The fourth-order valence-corrected chi connectivity index (χ4v) is 6.99. The lowest BCUT2D eigenvalue weighted by molar-refractivity contribution is 0.917. The van der Waals surface area contributed by atoms with Crippen LogP contribution in [0.2, 0.25) is 0 Å². The fraction of sp³-hybridized carbons (Fsp3) is 0.163. The molecule has 0 saturated carbocycles. The number of benzene rings is 6. The summed E-state index contributed by atoms with van der Waals surface area (Å²) in [4.78, 5) is 2.31. The number of nitrogens with zero attached hydrogens (tertiary/aromatic N) is 1. The lowest BCUT2D eigenvalue weighted by atomic mass is 9.77. The lowest BCUT2D eigenvalue weighted by Crippen LogP contribution is -2.12.